The highest BCUT2D eigenvalue weighted by atomic mass is 35.5. The summed E-state index contributed by atoms with van der Waals surface area (Å²) in [5, 5.41) is 23.7. The number of hydrogen-bond acceptors (Lipinski definition) is 14. The first-order valence-corrected chi connectivity index (χ1v) is 43.2. The van der Waals surface area contributed by atoms with E-state index in [4.69, 9.17) is 51.0 Å². The van der Waals surface area contributed by atoms with E-state index in [-0.39, 0.29) is 100 Å². The van der Waals surface area contributed by atoms with Gasteiger partial charge in [-0.25, -0.2) is 39.8 Å². The molecule has 0 radical (unpaired) electrons. The van der Waals surface area contributed by atoms with Crippen LogP contribution in [0.3, 0.4) is 0 Å². The number of aryl methyl sites for hydroxylation is 1. The fourth-order valence-corrected chi connectivity index (χ4v) is 17.3. The summed E-state index contributed by atoms with van der Waals surface area (Å²) in [4.78, 5) is 81.6. The van der Waals surface area contributed by atoms with E-state index < -0.39 is 48.1 Å². The van der Waals surface area contributed by atoms with Crippen molar-refractivity contribution in [3.8, 4) is 0 Å². The number of aromatic carboxylic acids is 2. The van der Waals surface area contributed by atoms with Gasteiger partial charge in [-0.05, 0) is 239 Å². The Morgan fingerprint density at radius 3 is 0.892 bits per heavy atom. The lowest BCUT2D eigenvalue weighted by Crippen LogP contribution is -2.42. The lowest BCUT2D eigenvalue weighted by atomic mass is 10.1. The van der Waals surface area contributed by atoms with E-state index in [2.05, 4.69) is 16.4 Å². The van der Waals surface area contributed by atoms with Crippen LogP contribution in [-0.4, -0.2) is 169 Å². The highest BCUT2D eigenvalue weighted by Gasteiger charge is 2.39. The fraction of sp³-hybridized carbons (Fsp3) is 0.236. The molecule has 0 saturated carbocycles. The van der Waals surface area contributed by atoms with Gasteiger partial charge in [-0.15, -0.1) is 0 Å². The molecule has 3 aliphatic rings. The summed E-state index contributed by atoms with van der Waals surface area (Å²) in [6.07, 6.45) is 6.04. The van der Waals surface area contributed by atoms with E-state index in [9.17, 15) is 59.4 Å². The number of rotatable bonds is 26. The summed E-state index contributed by atoms with van der Waals surface area (Å²) in [6.45, 7) is 11.7. The first-order chi connectivity index (χ1) is 57.1. The largest absolute Gasteiger partial charge is 0.478 e. The summed E-state index contributed by atoms with van der Waals surface area (Å²) in [5.74, 6) is -2.87. The summed E-state index contributed by atoms with van der Waals surface area (Å²) in [6, 6.07) is 60.8. The van der Waals surface area contributed by atoms with E-state index >= 15 is 0 Å². The van der Waals surface area contributed by atoms with Gasteiger partial charge in [-0.1, -0.05) is 133 Å². The Bertz CT molecular complexity index is 5380. The van der Waals surface area contributed by atoms with Gasteiger partial charge in [0.05, 0.1) is 28.2 Å². The molecule has 12 rings (SSSR count). The van der Waals surface area contributed by atoms with Crippen molar-refractivity contribution in [2.45, 2.75) is 99.1 Å². The molecule has 0 spiro atoms. The molecule has 120 heavy (non-hydrogen) atoms. The minimum absolute atomic E-state index is 0. The lowest BCUT2D eigenvalue weighted by molar-refractivity contribution is 0.0663. The number of carboxylic acid groups (broad SMARTS) is 2. The van der Waals surface area contributed by atoms with Crippen molar-refractivity contribution < 1.29 is 64.2 Å². The van der Waals surface area contributed by atoms with E-state index in [0.717, 1.165) is 50.5 Å². The van der Waals surface area contributed by atoms with Crippen LogP contribution < -0.4 is 11.5 Å². The molecule has 24 nitrogen and oxygen atoms in total. The minimum Gasteiger partial charge on any atom is -0.478 e. The zero-order valence-corrected chi connectivity index (χ0v) is 70.5. The first-order valence-electron chi connectivity index (χ1n) is 37.9. The number of carbonyl (C=O) groups is 5. The topological polar surface area (TPSA) is 337 Å². The van der Waals surface area contributed by atoms with Gasteiger partial charge in [-0.2, -0.15) is 12.9 Å². The highest BCUT2D eigenvalue weighted by Crippen LogP contribution is 2.31. The summed E-state index contributed by atoms with van der Waals surface area (Å²) < 4.78 is 95.8. The Kier molecular flexibility index (Phi) is 33.2. The predicted molar refractivity (Wildman–Crippen MR) is 477 cm³/mol. The minimum atomic E-state index is -3.75. The van der Waals surface area contributed by atoms with Gasteiger partial charge >= 0.3 is 11.9 Å². The van der Waals surface area contributed by atoms with Crippen molar-refractivity contribution in [2.75, 3.05) is 39.3 Å². The molecule has 3 atom stereocenters. The Balaban J connectivity index is 0.000000222. The average molecular weight is 1750 g/mol. The molecule has 3 amide bonds. The van der Waals surface area contributed by atoms with Crippen molar-refractivity contribution in [3.05, 3.63) is 316 Å². The maximum Gasteiger partial charge on any atom is 0.335 e. The van der Waals surface area contributed by atoms with Gasteiger partial charge in [0.2, 0.25) is 30.1 Å². The second kappa shape index (κ2) is 43.1. The molecule has 9 aromatic rings. The fourth-order valence-electron chi connectivity index (χ4n) is 13.1. The third-order valence-electron chi connectivity index (χ3n) is 19.4. The van der Waals surface area contributed by atoms with Crippen LogP contribution in [0.5, 0.6) is 0 Å². The molecular formula is C89H95Cl3FN11O13S3. The Morgan fingerprint density at radius 1 is 0.408 bits per heavy atom. The number of carboxylic acids is 2. The average Bonchev–Trinajstić information content (AvgIpc) is 1.60. The van der Waals surface area contributed by atoms with Crippen LogP contribution in [0.15, 0.2) is 250 Å². The van der Waals surface area contributed by atoms with Crippen molar-refractivity contribution in [1.29, 1.82) is 1.45 Å². The third kappa shape index (κ3) is 27.1. The van der Waals surface area contributed by atoms with Crippen LogP contribution in [0.25, 0.3) is 18.2 Å². The number of benzene rings is 9. The van der Waals surface area contributed by atoms with Gasteiger partial charge in [0.15, 0.2) is 5.96 Å². The number of nitrogens with two attached hydrogens (primary N) is 2. The summed E-state index contributed by atoms with van der Waals surface area (Å²) >= 11 is 17.7. The monoisotopic (exact) mass is 1750 g/mol. The number of nitrogens with zero attached hydrogens (tertiary/aromatic N) is 9. The van der Waals surface area contributed by atoms with E-state index in [1.54, 1.807) is 179 Å². The van der Waals surface area contributed by atoms with E-state index in [1.807, 2.05) is 71.0 Å². The van der Waals surface area contributed by atoms with Gasteiger partial charge in [0.25, 0.3) is 19.2 Å². The van der Waals surface area contributed by atoms with Crippen LogP contribution in [-0.2, 0) is 49.7 Å². The third-order valence-corrected chi connectivity index (χ3v) is 24.7. The maximum absolute atomic E-state index is 13.7. The van der Waals surface area contributed by atoms with Gasteiger partial charge in [0.1, 0.15) is 0 Å². The zero-order valence-electron chi connectivity index (χ0n) is 66.8. The molecule has 3 heterocycles. The number of sulfonamides is 3. The van der Waals surface area contributed by atoms with E-state index in [1.165, 1.54) is 60.1 Å². The predicted octanol–water partition coefficient (Wildman–Crippen LogP) is 16.8. The Labute approximate surface area is 716 Å². The maximum atomic E-state index is 13.7. The molecule has 3 saturated heterocycles. The standard InChI is InChI=1S/C30H30ClN3O5S.C30H32ClN3O3S.C28H28ClN5O5S.CH4.FH/c1-21(2)32-27-13-9-24(10-14-27)29(35)34(19-23-3-7-25(8-4-23)30(36)37)28-15-17-33(20-28)40(38,39)18-16-22-5-11-26(31)12-6-22;1-22(2)32-28-14-10-26(11-15-28)30(35)34(20-25-6-4-23(3)5-7-25)29-16-18-33(21-29)38(36,37)19-17-24-8-12-27(31)13-9-24;29-23-9-3-19(4-10-23)14-16-40(38,39)33-15-13-25(18-33)34(17-20-1-5-22(6-2-20)27(36)37)26(35)21-7-11-24(12-8-21)32-28(30)31;;/h3-14,16,18,28H,15,17,19-20H2,1-2H3,(H,36,37);4-15,17,19,29H,16,18,20-21H2,1-3H3;1-12,14,16,25H,13,15,17-18H2,(H,36,37)(H4,30,31,32);1H4;1H/b18-16+;19-17+;16-14+;;/i/hT. The van der Waals surface area contributed by atoms with Crippen LogP contribution >= 0.6 is 34.8 Å². The van der Waals surface area contributed by atoms with Gasteiger partial charge in [0, 0.05) is 136 Å². The number of halogens is 4. The van der Waals surface area contributed by atoms with Crippen molar-refractivity contribution in [1.82, 2.24) is 27.6 Å². The summed E-state index contributed by atoms with van der Waals surface area (Å²) in [7, 11) is -11.1. The molecule has 9 aromatic carbocycles. The van der Waals surface area contributed by atoms with Crippen LogP contribution in [0.2, 0.25) is 15.1 Å². The SMILES string of the molecule is C.CC(C)=Nc1ccc(C(=O)N(Cc2ccc(C(=O)O)cc2)C2CCN(S(=O)(=O)/C=C/c3ccc(Cl)cc3)C2)cc1.CC(C)=Nc1ccc(C(=O)N(Cc2ccc(C)cc2)C2CCN(S(=O)(=O)/C=C/c3ccc(Cl)cc3)C2)cc1.NC(N)=Nc1ccc(C(=O)N(Cc2ccc(C(=O)O)cc2)C2CCN(S(=O)(=O)/C=C/c3ccc(Cl)cc3)C2)cc1.[3H]F. The molecule has 0 bridgehead atoms. The summed E-state index contributed by atoms with van der Waals surface area (Å²) in [5.41, 5.74) is 22.1. The normalized spacial score (nSPS) is 15.6. The molecule has 0 aliphatic carbocycles. The van der Waals surface area contributed by atoms with Gasteiger partial charge in [-0.3, -0.25) is 29.1 Å². The number of guanidine groups is 1. The molecular weight excluding hydrogens is 1650 g/mol. The van der Waals surface area contributed by atoms with Crippen LogP contribution in [0.1, 0.15) is 145 Å². The second-order valence-electron chi connectivity index (χ2n) is 28.7. The molecule has 3 unspecified atom stereocenters. The number of hydrogen-bond donors (Lipinski definition) is 4. The number of carbonyl (C=O) groups excluding carboxylic acids is 3. The molecule has 3 fully saturated rings. The zero-order chi connectivity index (χ0) is 87.0. The van der Waals surface area contributed by atoms with Crippen molar-refractivity contribution in [2.24, 2.45) is 26.4 Å². The second-order valence-corrected chi connectivity index (χ2v) is 35.4. The Morgan fingerprint density at radius 2 is 0.650 bits per heavy atom. The quantitative estimate of drug-likeness (QED) is 0.0289. The first kappa shape index (κ1) is 92.6. The molecule has 31 heteroatoms. The smallest absolute Gasteiger partial charge is 0.335 e. The lowest BCUT2D eigenvalue weighted by Gasteiger charge is -2.29. The van der Waals surface area contributed by atoms with E-state index in [0.29, 0.717) is 86.5 Å². The molecule has 6 N–H and O–H groups in total. The molecule has 630 valence electrons. The Hall–Kier alpha value is -11.3. The molecule has 0 aromatic heterocycles. The van der Waals surface area contributed by atoms with Crippen molar-refractivity contribution >= 4 is 147 Å². The van der Waals surface area contributed by atoms with Gasteiger partial charge < -0.3 is 36.4 Å². The van der Waals surface area contributed by atoms with Crippen LogP contribution in [0.4, 0.5) is 21.8 Å². The molecule has 3 aliphatic heterocycles. The van der Waals surface area contributed by atoms with Crippen molar-refractivity contribution in [3.63, 3.8) is 0 Å². The van der Waals surface area contributed by atoms with Crippen LogP contribution in [0, 0.1) is 6.92 Å². The highest BCUT2D eigenvalue weighted by molar-refractivity contribution is 7.92. The number of aliphatic imine (C=N–C) groups is 3. The number of amides is 3.